The normalized spacial score (nSPS) is 20.9. The Morgan fingerprint density at radius 3 is 1.63 bits per heavy atom. The Bertz CT molecular complexity index is 1160. The average molecular weight is 575 g/mol. The molecule has 220 valence electrons. The van der Waals surface area contributed by atoms with E-state index in [1.165, 1.54) is 0 Å². The molecule has 5 nitrogen and oxygen atoms in total. The van der Waals surface area contributed by atoms with Gasteiger partial charge in [-0.05, 0) is 48.7 Å². The summed E-state index contributed by atoms with van der Waals surface area (Å²) in [6.07, 6.45) is -0.895. The summed E-state index contributed by atoms with van der Waals surface area (Å²) in [4.78, 5) is 0. The molecule has 1 fully saturated rings. The van der Waals surface area contributed by atoms with Crippen molar-refractivity contribution in [3.8, 4) is 0 Å². The molecule has 6 heteroatoms. The monoisotopic (exact) mass is 574 g/mol. The maximum atomic E-state index is 11.7. The van der Waals surface area contributed by atoms with Crippen LogP contribution >= 0.6 is 0 Å². The molecule has 1 heterocycles. The van der Waals surface area contributed by atoms with Crippen LogP contribution in [0.1, 0.15) is 51.3 Å². The predicted molar refractivity (Wildman–Crippen MR) is 167 cm³/mol. The van der Waals surface area contributed by atoms with Gasteiger partial charge in [0.15, 0.2) is 14.1 Å². The molecule has 0 radical (unpaired) electrons. The highest BCUT2D eigenvalue weighted by atomic mass is 28.4. The first kappa shape index (κ1) is 31.4. The fourth-order valence-corrected chi connectivity index (χ4v) is 6.47. The Balaban J connectivity index is 1.69. The molecule has 1 aliphatic rings. The van der Waals surface area contributed by atoms with Crippen molar-refractivity contribution in [1.29, 1.82) is 0 Å². The van der Waals surface area contributed by atoms with Gasteiger partial charge in [0, 0.05) is 0 Å². The second-order valence-electron chi connectivity index (χ2n) is 12.8. The first-order valence-electron chi connectivity index (χ1n) is 14.5. The standard InChI is InChI=1S/C35H46O5Si/c1-9-30(40-41(7,8)33(2,3)4)32-31(38-34(5,6)39-32)29(36)25-37-35(26-19-13-10-14-20-26,27-21-15-11-16-22-27)28-23-17-12-18-24-28/h9-24,29-32,36H,1,25H2,2-8H3. The Hall–Kier alpha value is -2.58. The summed E-state index contributed by atoms with van der Waals surface area (Å²) in [6.45, 7) is 18.8. The number of hydrogen-bond donors (Lipinski definition) is 1. The second-order valence-corrected chi connectivity index (χ2v) is 17.6. The van der Waals surface area contributed by atoms with Crippen LogP contribution in [0.2, 0.25) is 18.1 Å². The topological polar surface area (TPSA) is 57.2 Å². The molecule has 0 aliphatic carbocycles. The van der Waals surface area contributed by atoms with E-state index in [1.54, 1.807) is 6.08 Å². The molecular formula is C35H46O5Si. The lowest BCUT2D eigenvalue weighted by atomic mass is 9.80. The van der Waals surface area contributed by atoms with E-state index in [1.807, 2.05) is 68.4 Å². The number of rotatable bonds is 11. The van der Waals surface area contributed by atoms with E-state index < -0.39 is 44.1 Å². The Labute approximate surface area is 247 Å². The molecule has 4 atom stereocenters. The summed E-state index contributed by atoms with van der Waals surface area (Å²) in [5.74, 6) is -0.899. The Morgan fingerprint density at radius 1 is 0.829 bits per heavy atom. The zero-order valence-corrected chi connectivity index (χ0v) is 26.5. The second kappa shape index (κ2) is 12.3. The van der Waals surface area contributed by atoms with Gasteiger partial charge < -0.3 is 23.7 Å². The van der Waals surface area contributed by atoms with E-state index in [-0.39, 0.29) is 11.6 Å². The summed E-state index contributed by atoms with van der Waals surface area (Å²) >= 11 is 0. The van der Waals surface area contributed by atoms with Crippen LogP contribution in [0.4, 0.5) is 0 Å². The van der Waals surface area contributed by atoms with Crippen LogP contribution in [0.15, 0.2) is 104 Å². The van der Waals surface area contributed by atoms with E-state index >= 15 is 0 Å². The van der Waals surface area contributed by atoms with Gasteiger partial charge in [-0.3, -0.25) is 0 Å². The quantitative estimate of drug-likeness (QED) is 0.146. The summed E-state index contributed by atoms with van der Waals surface area (Å²) in [7, 11) is -2.17. The number of ether oxygens (including phenoxy) is 3. The SMILES string of the molecule is C=CC(O[Si](C)(C)C(C)(C)C)C1OC(C)(C)OC1C(O)COC(c1ccccc1)(c1ccccc1)c1ccccc1. The Kier molecular flexibility index (Phi) is 9.44. The van der Waals surface area contributed by atoms with Gasteiger partial charge >= 0.3 is 0 Å². The van der Waals surface area contributed by atoms with Gasteiger partial charge in [-0.2, -0.15) is 0 Å². The zero-order chi connectivity index (χ0) is 29.9. The molecule has 1 N–H and O–H groups in total. The highest BCUT2D eigenvalue weighted by molar-refractivity contribution is 6.74. The van der Waals surface area contributed by atoms with E-state index in [0.29, 0.717) is 0 Å². The third kappa shape index (κ3) is 6.74. The largest absolute Gasteiger partial charge is 0.408 e. The van der Waals surface area contributed by atoms with E-state index in [4.69, 9.17) is 18.6 Å². The first-order valence-corrected chi connectivity index (χ1v) is 17.4. The van der Waals surface area contributed by atoms with Crippen molar-refractivity contribution in [3.63, 3.8) is 0 Å². The van der Waals surface area contributed by atoms with Crippen LogP contribution in [0.25, 0.3) is 0 Å². The minimum Gasteiger partial charge on any atom is -0.408 e. The number of hydrogen-bond acceptors (Lipinski definition) is 5. The van der Waals surface area contributed by atoms with Crippen LogP contribution in [0.5, 0.6) is 0 Å². The smallest absolute Gasteiger partial charge is 0.193 e. The minimum absolute atomic E-state index is 0.00111. The fourth-order valence-electron chi connectivity index (χ4n) is 5.21. The number of benzene rings is 3. The maximum Gasteiger partial charge on any atom is 0.193 e. The molecule has 41 heavy (non-hydrogen) atoms. The summed E-state index contributed by atoms with van der Waals surface area (Å²) in [5, 5.41) is 11.8. The minimum atomic E-state index is -2.17. The third-order valence-corrected chi connectivity index (χ3v) is 12.8. The molecular weight excluding hydrogens is 528 g/mol. The number of aliphatic hydroxyl groups is 1. The molecule has 0 aromatic heterocycles. The lowest BCUT2D eigenvalue weighted by Crippen LogP contribution is -2.51. The van der Waals surface area contributed by atoms with Crippen LogP contribution in [0, 0.1) is 0 Å². The van der Waals surface area contributed by atoms with Gasteiger partial charge in [0.25, 0.3) is 0 Å². The van der Waals surface area contributed by atoms with Crippen LogP contribution < -0.4 is 0 Å². The van der Waals surface area contributed by atoms with E-state index in [9.17, 15) is 5.11 Å². The van der Waals surface area contributed by atoms with Crippen LogP contribution in [0.3, 0.4) is 0 Å². The summed E-state index contributed by atoms with van der Waals surface area (Å²) < 4.78 is 26.3. The van der Waals surface area contributed by atoms with Crippen molar-refractivity contribution >= 4 is 8.32 Å². The van der Waals surface area contributed by atoms with Crippen molar-refractivity contribution in [2.75, 3.05) is 6.61 Å². The zero-order valence-electron chi connectivity index (χ0n) is 25.5. The van der Waals surface area contributed by atoms with Crippen molar-refractivity contribution in [1.82, 2.24) is 0 Å². The van der Waals surface area contributed by atoms with E-state index in [2.05, 4.69) is 76.8 Å². The summed E-state index contributed by atoms with van der Waals surface area (Å²) in [6, 6.07) is 30.4. The molecule has 0 bridgehead atoms. The number of aliphatic hydroxyl groups excluding tert-OH is 1. The first-order chi connectivity index (χ1) is 19.3. The average Bonchev–Trinajstić information content (AvgIpc) is 3.28. The van der Waals surface area contributed by atoms with Gasteiger partial charge in [-0.25, -0.2) is 0 Å². The lowest BCUT2D eigenvalue weighted by molar-refractivity contribution is -0.163. The van der Waals surface area contributed by atoms with Gasteiger partial charge in [-0.1, -0.05) is 118 Å². The van der Waals surface area contributed by atoms with Crippen LogP contribution in [-0.2, 0) is 24.2 Å². The molecule has 1 aliphatic heterocycles. The molecule has 0 saturated carbocycles. The van der Waals surface area contributed by atoms with Crippen LogP contribution in [-0.4, -0.2) is 50.2 Å². The van der Waals surface area contributed by atoms with Crippen molar-refractivity contribution in [2.45, 2.75) is 88.6 Å². The van der Waals surface area contributed by atoms with Gasteiger partial charge in [-0.15, -0.1) is 6.58 Å². The van der Waals surface area contributed by atoms with Gasteiger partial charge in [0.2, 0.25) is 0 Å². The summed E-state index contributed by atoms with van der Waals surface area (Å²) in [5.41, 5.74) is 1.95. The highest BCUT2D eigenvalue weighted by Gasteiger charge is 2.51. The molecule has 0 spiro atoms. The molecule has 3 aromatic carbocycles. The van der Waals surface area contributed by atoms with Crippen molar-refractivity contribution in [3.05, 3.63) is 120 Å². The molecule has 3 aromatic rings. The van der Waals surface area contributed by atoms with Crippen molar-refractivity contribution < 1.29 is 23.7 Å². The van der Waals surface area contributed by atoms with Gasteiger partial charge in [0.1, 0.15) is 23.9 Å². The highest BCUT2D eigenvalue weighted by Crippen LogP contribution is 2.43. The molecule has 1 saturated heterocycles. The molecule has 4 rings (SSSR count). The third-order valence-electron chi connectivity index (χ3n) is 8.35. The molecule has 4 unspecified atom stereocenters. The van der Waals surface area contributed by atoms with Crippen molar-refractivity contribution in [2.24, 2.45) is 0 Å². The van der Waals surface area contributed by atoms with E-state index in [0.717, 1.165) is 16.7 Å². The maximum absolute atomic E-state index is 11.7. The lowest BCUT2D eigenvalue weighted by Gasteiger charge is -2.41. The molecule has 0 amide bonds. The predicted octanol–water partition coefficient (Wildman–Crippen LogP) is 7.45. The fraction of sp³-hybridized carbons (Fsp3) is 0.429. The van der Waals surface area contributed by atoms with Gasteiger partial charge in [0.05, 0.1) is 12.7 Å². The Morgan fingerprint density at radius 2 is 1.24 bits per heavy atom.